The lowest BCUT2D eigenvalue weighted by atomic mass is 10.1. The van der Waals surface area contributed by atoms with Gasteiger partial charge in [0.2, 0.25) is 5.95 Å². The van der Waals surface area contributed by atoms with Crippen molar-refractivity contribution >= 4 is 16.9 Å². The number of benzene rings is 1. The van der Waals surface area contributed by atoms with Crippen molar-refractivity contribution in [1.29, 1.82) is 0 Å². The number of para-hydroxylation sites is 1. The third-order valence-corrected chi connectivity index (χ3v) is 5.27. The number of ether oxygens (including phenoxy) is 1. The number of rotatable bonds is 6. The number of hydrogen-bond donors (Lipinski definition) is 1. The van der Waals surface area contributed by atoms with Crippen LogP contribution in [-0.2, 0) is 4.74 Å². The van der Waals surface area contributed by atoms with Gasteiger partial charge in [-0.3, -0.25) is 9.88 Å². The van der Waals surface area contributed by atoms with Gasteiger partial charge in [0, 0.05) is 37.4 Å². The third kappa shape index (κ3) is 4.00. The van der Waals surface area contributed by atoms with Crippen LogP contribution in [0.25, 0.3) is 22.4 Å². The number of aromatic nitrogens is 4. The zero-order valence-electron chi connectivity index (χ0n) is 16.4. The Morgan fingerprint density at radius 2 is 1.90 bits per heavy atom. The number of anilines is 1. The van der Waals surface area contributed by atoms with Crippen molar-refractivity contribution in [2.24, 2.45) is 0 Å². The summed E-state index contributed by atoms with van der Waals surface area (Å²) in [4.78, 5) is 11.2. The molecule has 8 heteroatoms. The smallest absolute Gasteiger partial charge is 0.243 e. The van der Waals surface area contributed by atoms with Gasteiger partial charge in [0.25, 0.3) is 0 Å². The van der Waals surface area contributed by atoms with Gasteiger partial charge in [-0.25, -0.2) is 4.98 Å². The van der Waals surface area contributed by atoms with Gasteiger partial charge in [-0.15, -0.1) is 5.10 Å². The molecule has 1 unspecified atom stereocenters. The monoisotopic (exact) mass is 402 g/mol. The summed E-state index contributed by atoms with van der Waals surface area (Å²) in [6.45, 7) is 3.89. The number of furan rings is 1. The Morgan fingerprint density at radius 1 is 1.07 bits per heavy atom. The Bertz CT molecular complexity index is 1080. The molecule has 4 heterocycles. The molecule has 1 aliphatic rings. The summed E-state index contributed by atoms with van der Waals surface area (Å²) in [6.07, 6.45) is 5.26. The van der Waals surface area contributed by atoms with E-state index in [0.29, 0.717) is 23.9 Å². The molecule has 1 aliphatic heterocycles. The topological polar surface area (TPSA) is 89.2 Å². The second-order valence-electron chi connectivity index (χ2n) is 7.14. The molecule has 0 radical (unpaired) electrons. The molecule has 0 amide bonds. The van der Waals surface area contributed by atoms with Crippen LogP contribution in [0.15, 0.2) is 65.5 Å². The van der Waals surface area contributed by atoms with Crippen LogP contribution in [0.5, 0.6) is 0 Å². The van der Waals surface area contributed by atoms with E-state index >= 15 is 0 Å². The summed E-state index contributed by atoms with van der Waals surface area (Å²) in [7, 11) is 0. The van der Waals surface area contributed by atoms with Crippen molar-refractivity contribution in [3.05, 3.63) is 66.6 Å². The molecule has 30 heavy (non-hydrogen) atoms. The van der Waals surface area contributed by atoms with Crippen molar-refractivity contribution < 1.29 is 9.15 Å². The van der Waals surface area contributed by atoms with Gasteiger partial charge in [-0.05, 0) is 29.8 Å². The number of hydrogen-bond acceptors (Lipinski definition) is 8. The summed E-state index contributed by atoms with van der Waals surface area (Å²) >= 11 is 0. The van der Waals surface area contributed by atoms with Crippen LogP contribution in [0.3, 0.4) is 0 Å². The zero-order chi connectivity index (χ0) is 20.2. The SMILES string of the molecule is c1ccc2oc(-c3cnnc(NCC(c4ccncc4)N4CCOCC4)n3)cc2c1. The van der Waals surface area contributed by atoms with Crippen molar-refractivity contribution in [3.63, 3.8) is 0 Å². The number of fused-ring (bicyclic) bond motifs is 1. The van der Waals surface area contributed by atoms with Gasteiger partial charge in [0.1, 0.15) is 11.3 Å². The molecule has 152 valence electrons. The van der Waals surface area contributed by atoms with E-state index in [1.165, 1.54) is 5.56 Å². The van der Waals surface area contributed by atoms with E-state index < -0.39 is 0 Å². The lowest BCUT2D eigenvalue weighted by molar-refractivity contribution is 0.0186. The van der Waals surface area contributed by atoms with Crippen LogP contribution in [0.4, 0.5) is 5.95 Å². The van der Waals surface area contributed by atoms with Gasteiger partial charge in [-0.2, -0.15) is 5.10 Å². The summed E-state index contributed by atoms with van der Waals surface area (Å²) in [5.74, 6) is 1.15. The van der Waals surface area contributed by atoms with E-state index in [1.807, 2.05) is 54.9 Å². The molecular weight excluding hydrogens is 380 g/mol. The maximum absolute atomic E-state index is 5.91. The first-order valence-corrected chi connectivity index (χ1v) is 10.0. The largest absolute Gasteiger partial charge is 0.454 e. The highest BCUT2D eigenvalue weighted by Crippen LogP contribution is 2.27. The molecule has 0 spiro atoms. The fourth-order valence-electron chi connectivity index (χ4n) is 3.73. The average Bonchev–Trinajstić information content (AvgIpc) is 3.25. The van der Waals surface area contributed by atoms with Crippen molar-refractivity contribution in [2.75, 3.05) is 38.2 Å². The highest BCUT2D eigenvalue weighted by molar-refractivity contribution is 5.82. The minimum atomic E-state index is 0.162. The Morgan fingerprint density at radius 3 is 2.73 bits per heavy atom. The predicted octanol–water partition coefficient (Wildman–Crippen LogP) is 3.17. The molecule has 1 N–H and O–H groups in total. The molecular formula is C22H22N6O2. The Balaban J connectivity index is 1.36. The Kier molecular flexibility index (Phi) is 5.32. The first-order valence-electron chi connectivity index (χ1n) is 10.0. The van der Waals surface area contributed by atoms with Crippen LogP contribution in [0.2, 0.25) is 0 Å². The van der Waals surface area contributed by atoms with Crippen molar-refractivity contribution in [2.45, 2.75) is 6.04 Å². The molecule has 5 rings (SSSR count). The highest BCUT2D eigenvalue weighted by Gasteiger charge is 2.23. The van der Waals surface area contributed by atoms with Crippen molar-refractivity contribution in [3.8, 4) is 11.5 Å². The second-order valence-corrected chi connectivity index (χ2v) is 7.14. The van der Waals surface area contributed by atoms with Gasteiger partial charge < -0.3 is 14.5 Å². The van der Waals surface area contributed by atoms with Crippen LogP contribution in [-0.4, -0.2) is 57.9 Å². The molecule has 1 atom stereocenters. The maximum atomic E-state index is 5.91. The third-order valence-electron chi connectivity index (χ3n) is 5.27. The summed E-state index contributed by atoms with van der Waals surface area (Å²) < 4.78 is 11.4. The highest BCUT2D eigenvalue weighted by atomic mass is 16.5. The molecule has 1 aromatic carbocycles. The second kappa shape index (κ2) is 8.56. The van der Waals surface area contributed by atoms with Gasteiger partial charge in [0.05, 0.1) is 25.5 Å². The van der Waals surface area contributed by atoms with Crippen LogP contribution in [0, 0.1) is 0 Å². The fraction of sp³-hybridized carbons (Fsp3) is 0.273. The Labute approximate surface area is 173 Å². The molecule has 1 fully saturated rings. The molecule has 4 aromatic rings. The quantitative estimate of drug-likeness (QED) is 0.526. The zero-order valence-corrected chi connectivity index (χ0v) is 16.4. The van der Waals surface area contributed by atoms with Crippen molar-refractivity contribution in [1.82, 2.24) is 25.1 Å². The first-order chi connectivity index (χ1) is 14.9. The molecule has 0 bridgehead atoms. The first kappa shape index (κ1) is 18.7. The number of pyridine rings is 1. The van der Waals surface area contributed by atoms with Crippen LogP contribution >= 0.6 is 0 Å². The Hall–Kier alpha value is -3.36. The lowest BCUT2D eigenvalue weighted by Crippen LogP contribution is -2.41. The standard InChI is InChI=1S/C22H22N6O2/c1-2-4-20-17(3-1)13-21(30-20)18-14-25-27-22(26-18)24-15-19(16-5-7-23-8-6-16)28-9-11-29-12-10-28/h1-8,13-14,19H,9-12,15H2,(H,24,26,27). The lowest BCUT2D eigenvalue weighted by Gasteiger charge is -2.34. The summed E-state index contributed by atoms with van der Waals surface area (Å²) in [5.41, 5.74) is 2.67. The normalized spacial score (nSPS) is 15.9. The maximum Gasteiger partial charge on any atom is 0.243 e. The average molecular weight is 402 g/mol. The predicted molar refractivity (Wildman–Crippen MR) is 113 cm³/mol. The summed E-state index contributed by atoms with van der Waals surface area (Å²) in [5, 5.41) is 12.7. The van der Waals surface area contributed by atoms with E-state index in [0.717, 1.165) is 37.3 Å². The molecule has 8 nitrogen and oxygen atoms in total. The molecule has 3 aromatic heterocycles. The molecule has 1 saturated heterocycles. The van der Waals surface area contributed by atoms with E-state index in [9.17, 15) is 0 Å². The minimum absolute atomic E-state index is 0.162. The van der Waals surface area contributed by atoms with E-state index in [4.69, 9.17) is 9.15 Å². The van der Waals surface area contributed by atoms with Crippen LogP contribution in [0.1, 0.15) is 11.6 Å². The van der Waals surface area contributed by atoms with Crippen LogP contribution < -0.4 is 5.32 Å². The van der Waals surface area contributed by atoms with Gasteiger partial charge in [0.15, 0.2) is 5.76 Å². The van der Waals surface area contributed by atoms with E-state index in [1.54, 1.807) is 6.20 Å². The van der Waals surface area contributed by atoms with E-state index in [2.05, 4.69) is 30.4 Å². The summed E-state index contributed by atoms with van der Waals surface area (Å²) in [6, 6.07) is 14.1. The van der Waals surface area contributed by atoms with Gasteiger partial charge >= 0.3 is 0 Å². The van der Waals surface area contributed by atoms with Gasteiger partial charge in [-0.1, -0.05) is 18.2 Å². The minimum Gasteiger partial charge on any atom is -0.454 e. The number of nitrogens with one attached hydrogen (secondary N) is 1. The molecule has 0 aliphatic carbocycles. The molecule has 0 saturated carbocycles. The number of morpholine rings is 1. The fourth-order valence-corrected chi connectivity index (χ4v) is 3.73. The van der Waals surface area contributed by atoms with E-state index in [-0.39, 0.29) is 6.04 Å². The number of nitrogens with zero attached hydrogens (tertiary/aromatic N) is 5.